The molecule has 0 saturated heterocycles. The Morgan fingerprint density at radius 1 is 1.41 bits per heavy atom. The summed E-state index contributed by atoms with van der Waals surface area (Å²) in [4.78, 5) is 17.0. The molecule has 2 aromatic rings. The van der Waals surface area contributed by atoms with Gasteiger partial charge in [-0.15, -0.1) is 0 Å². The maximum absolute atomic E-state index is 5.03. The molecule has 5 nitrogen and oxygen atoms in total. The zero-order valence-electron chi connectivity index (χ0n) is 9.31. The quantitative estimate of drug-likeness (QED) is 0.788. The number of aromatic amines is 2. The van der Waals surface area contributed by atoms with Crippen molar-refractivity contribution < 1.29 is 0 Å². The van der Waals surface area contributed by atoms with Crippen LogP contribution in [0.15, 0.2) is 18.6 Å². The number of H-pyrrole nitrogens is 2. The highest BCUT2D eigenvalue weighted by atomic mass is 32.1. The lowest BCUT2D eigenvalue weighted by Gasteiger charge is -2.27. The molecule has 2 N–H and O–H groups in total. The SMILES string of the molecule is S=c1ncc2c([nH]1)CCN(Cc1ncc[nH]1)C2. The fourth-order valence-corrected chi connectivity index (χ4v) is 2.31. The second-order valence-corrected chi connectivity index (χ2v) is 4.58. The Morgan fingerprint density at radius 3 is 3.18 bits per heavy atom. The van der Waals surface area contributed by atoms with Gasteiger partial charge in [0.15, 0.2) is 4.77 Å². The molecule has 0 aromatic carbocycles. The molecule has 0 saturated carbocycles. The van der Waals surface area contributed by atoms with E-state index in [1.54, 1.807) is 6.20 Å². The zero-order chi connectivity index (χ0) is 11.7. The molecular formula is C11H13N5S. The summed E-state index contributed by atoms with van der Waals surface area (Å²) in [6.45, 7) is 2.76. The van der Waals surface area contributed by atoms with E-state index in [4.69, 9.17) is 12.2 Å². The number of imidazole rings is 1. The van der Waals surface area contributed by atoms with Crippen molar-refractivity contribution in [1.29, 1.82) is 0 Å². The van der Waals surface area contributed by atoms with Crippen LogP contribution in [0.25, 0.3) is 0 Å². The first-order valence-electron chi connectivity index (χ1n) is 5.59. The maximum atomic E-state index is 5.03. The van der Waals surface area contributed by atoms with Crippen LogP contribution in [0.2, 0.25) is 0 Å². The van der Waals surface area contributed by atoms with Crippen LogP contribution in [-0.2, 0) is 19.5 Å². The van der Waals surface area contributed by atoms with Crippen molar-refractivity contribution in [2.75, 3.05) is 6.54 Å². The van der Waals surface area contributed by atoms with Crippen molar-refractivity contribution in [3.63, 3.8) is 0 Å². The third-order valence-corrected chi connectivity index (χ3v) is 3.19. The standard InChI is InChI=1S/C11H13N5S/c17-11-14-5-8-6-16(4-1-9(8)15-11)7-10-12-2-3-13-10/h2-3,5H,1,4,6-7H2,(H,12,13)(H,14,15,17). The molecule has 1 aliphatic heterocycles. The van der Waals surface area contributed by atoms with Crippen molar-refractivity contribution in [3.05, 3.63) is 40.4 Å². The Hall–Kier alpha value is -1.53. The van der Waals surface area contributed by atoms with Crippen LogP contribution < -0.4 is 0 Å². The van der Waals surface area contributed by atoms with Gasteiger partial charge in [-0.3, -0.25) is 4.90 Å². The highest BCUT2D eigenvalue weighted by molar-refractivity contribution is 7.71. The summed E-state index contributed by atoms with van der Waals surface area (Å²) >= 11 is 5.03. The minimum Gasteiger partial charge on any atom is -0.348 e. The summed E-state index contributed by atoms with van der Waals surface area (Å²) in [6.07, 6.45) is 6.50. The van der Waals surface area contributed by atoms with E-state index in [1.165, 1.54) is 11.3 Å². The molecule has 0 spiro atoms. The Morgan fingerprint density at radius 2 is 2.35 bits per heavy atom. The molecule has 0 radical (unpaired) electrons. The summed E-state index contributed by atoms with van der Waals surface area (Å²) in [6, 6.07) is 0. The molecule has 6 heteroatoms. The number of hydrogen-bond acceptors (Lipinski definition) is 4. The van der Waals surface area contributed by atoms with E-state index in [2.05, 4.69) is 24.8 Å². The largest absolute Gasteiger partial charge is 0.348 e. The molecule has 1 aliphatic rings. The number of rotatable bonds is 2. The Kier molecular flexibility index (Phi) is 2.74. The predicted molar refractivity (Wildman–Crippen MR) is 65.8 cm³/mol. The first-order valence-corrected chi connectivity index (χ1v) is 6.00. The van der Waals surface area contributed by atoms with Gasteiger partial charge in [-0.25, -0.2) is 9.97 Å². The highest BCUT2D eigenvalue weighted by Gasteiger charge is 2.17. The van der Waals surface area contributed by atoms with Gasteiger partial charge in [0.25, 0.3) is 0 Å². The molecule has 17 heavy (non-hydrogen) atoms. The molecule has 88 valence electrons. The van der Waals surface area contributed by atoms with Crippen molar-refractivity contribution in [3.8, 4) is 0 Å². The van der Waals surface area contributed by atoms with E-state index < -0.39 is 0 Å². The van der Waals surface area contributed by atoms with E-state index in [0.717, 1.165) is 31.9 Å². The van der Waals surface area contributed by atoms with Crippen LogP contribution in [-0.4, -0.2) is 31.4 Å². The topological polar surface area (TPSA) is 60.6 Å². The Labute approximate surface area is 104 Å². The second kappa shape index (κ2) is 4.38. The van der Waals surface area contributed by atoms with E-state index in [9.17, 15) is 0 Å². The van der Waals surface area contributed by atoms with Gasteiger partial charge < -0.3 is 9.97 Å². The third kappa shape index (κ3) is 2.27. The smallest absolute Gasteiger partial charge is 0.196 e. The van der Waals surface area contributed by atoms with Crippen molar-refractivity contribution in [1.82, 2.24) is 24.8 Å². The molecule has 3 heterocycles. The van der Waals surface area contributed by atoms with Gasteiger partial charge in [0, 0.05) is 49.4 Å². The first-order chi connectivity index (χ1) is 8.31. The molecule has 0 amide bonds. The van der Waals surface area contributed by atoms with Gasteiger partial charge in [-0.1, -0.05) is 0 Å². The normalized spacial score (nSPS) is 15.8. The number of aromatic nitrogens is 4. The van der Waals surface area contributed by atoms with Crippen LogP contribution in [0.1, 0.15) is 17.1 Å². The Bertz CT molecular complexity index is 559. The van der Waals surface area contributed by atoms with Crippen LogP contribution in [0.5, 0.6) is 0 Å². The van der Waals surface area contributed by atoms with Crippen LogP contribution in [0.4, 0.5) is 0 Å². The summed E-state index contributed by atoms with van der Waals surface area (Å²) in [5.41, 5.74) is 2.46. The van der Waals surface area contributed by atoms with Gasteiger partial charge in [0.05, 0.1) is 6.54 Å². The fraction of sp³-hybridized carbons (Fsp3) is 0.364. The van der Waals surface area contributed by atoms with Crippen LogP contribution in [0.3, 0.4) is 0 Å². The molecule has 3 rings (SSSR count). The van der Waals surface area contributed by atoms with Gasteiger partial charge in [-0.2, -0.15) is 0 Å². The molecule has 0 fully saturated rings. The van der Waals surface area contributed by atoms with Gasteiger partial charge in [0.2, 0.25) is 0 Å². The summed E-state index contributed by atoms with van der Waals surface area (Å²) in [5.74, 6) is 1.00. The average Bonchev–Trinajstić information content (AvgIpc) is 2.82. The van der Waals surface area contributed by atoms with E-state index in [-0.39, 0.29) is 0 Å². The molecule has 2 aromatic heterocycles. The lowest BCUT2D eigenvalue weighted by molar-refractivity contribution is 0.237. The molecule has 0 unspecified atom stereocenters. The highest BCUT2D eigenvalue weighted by Crippen LogP contribution is 2.16. The third-order valence-electron chi connectivity index (χ3n) is 2.98. The second-order valence-electron chi connectivity index (χ2n) is 4.19. The van der Waals surface area contributed by atoms with Crippen LogP contribution in [0, 0.1) is 4.77 Å². The molecule has 0 aliphatic carbocycles. The summed E-state index contributed by atoms with van der Waals surface area (Å²) < 4.78 is 0.572. The van der Waals surface area contributed by atoms with E-state index >= 15 is 0 Å². The first kappa shape index (κ1) is 10.6. The monoisotopic (exact) mass is 247 g/mol. The maximum Gasteiger partial charge on any atom is 0.196 e. The summed E-state index contributed by atoms with van der Waals surface area (Å²) in [7, 11) is 0. The van der Waals surface area contributed by atoms with Crippen molar-refractivity contribution >= 4 is 12.2 Å². The lowest BCUT2D eigenvalue weighted by Crippen LogP contribution is -2.31. The van der Waals surface area contributed by atoms with E-state index in [1.807, 2.05) is 12.4 Å². The van der Waals surface area contributed by atoms with Crippen LogP contribution >= 0.6 is 12.2 Å². The van der Waals surface area contributed by atoms with Gasteiger partial charge in [-0.05, 0) is 12.2 Å². The number of hydrogen-bond donors (Lipinski definition) is 2. The number of nitrogens with one attached hydrogen (secondary N) is 2. The minimum absolute atomic E-state index is 0.572. The molecule has 0 bridgehead atoms. The van der Waals surface area contributed by atoms with Crippen molar-refractivity contribution in [2.24, 2.45) is 0 Å². The lowest BCUT2D eigenvalue weighted by atomic mass is 10.1. The predicted octanol–water partition coefficient (Wildman–Crippen LogP) is 1.42. The van der Waals surface area contributed by atoms with Gasteiger partial charge >= 0.3 is 0 Å². The fourth-order valence-electron chi connectivity index (χ4n) is 2.14. The molecular weight excluding hydrogens is 234 g/mol. The van der Waals surface area contributed by atoms with Crippen molar-refractivity contribution in [2.45, 2.75) is 19.5 Å². The molecule has 0 atom stereocenters. The number of fused-ring (bicyclic) bond motifs is 1. The zero-order valence-corrected chi connectivity index (χ0v) is 10.1. The Balaban J connectivity index is 1.76. The van der Waals surface area contributed by atoms with E-state index in [0.29, 0.717) is 4.77 Å². The van der Waals surface area contributed by atoms with Gasteiger partial charge in [0.1, 0.15) is 5.82 Å². The average molecular weight is 247 g/mol. The summed E-state index contributed by atoms with van der Waals surface area (Å²) in [5, 5.41) is 0. The number of nitrogens with zero attached hydrogens (tertiary/aromatic N) is 3. The minimum atomic E-state index is 0.572.